The van der Waals surface area contributed by atoms with Crippen LogP contribution >= 0.6 is 0 Å². The number of fused-ring (bicyclic) bond motifs is 1. The molecule has 0 fully saturated rings. The average Bonchev–Trinajstić information content (AvgIpc) is 2.52. The molecule has 4 N–H and O–H groups in total. The molecule has 0 saturated heterocycles. The number of aromatic hydroxyl groups is 1. The molecule has 0 aliphatic heterocycles. The molecule has 0 aliphatic carbocycles. The number of primary amides is 1. The van der Waals surface area contributed by atoms with E-state index in [1.165, 1.54) is 6.07 Å². The smallest absolute Gasteiger partial charge is 0.339 e. The summed E-state index contributed by atoms with van der Waals surface area (Å²) in [5, 5.41) is 21.1. The lowest BCUT2D eigenvalue weighted by atomic mass is 9.93. The molecule has 2 aromatic carbocycles. The van der Waals surface area contributed by atoms with Crippen LogP contribution in [0.25, 0.3) is 10.8 Å². The molecule has 1 amide bonds. The first-order valence-electron chi connectivity index (χ1n) is 7.43. The number of nitrogens with two attached hydrogens (primary N) is 1. The Hall–Kier alpha value is -2.60. The first kappa shape index (κ1) is 16.8. The number of likely N-dealkylation sites (N-methyl/N-ethyl adjacent to an activating group) is 1. The number of carboxylic acids is 1. The standard InChI is InChI=1S/C17H20N2O4/c1-3-19(4-2)14(16(18)21)13-11-8-6-5-7-10(11)9-12(15(13)20)17(22)23/h5-9,14,20H,3-4H2,1-2H3,(H2,18,21)(H,22,23). The summed E-state index contributed by atoms with van der Waals surface area (Å²) >= 11 is 0. The molecule has 2 aromatic rings. The minimum absolute atomic E-state index is 0.239. The van der Waals surface area contributed by atoms with Crippen molar-refractivity contribution in [3.05, 3.63) is 41.5 Å². The SMILES string of the molecule is CCN(CC)C(C(N)=O)c1c(O)c(C(=O)O)cc2ccccc12. The van der Waals surface area contributed by atoms with Crippen LogP contribution in [0.3, 0.4) is 0 Å². The number of carboxylic acid groups (broad SMARTS) is 1. The highest BCUT2D eigenvalue weighted by atomic mass is 16.4. The lowest BCUT2D eigenvalue weighted by molar-refractivity contribution is -0.123. The molecule has 0 saturated carbocycles. The van der Waals surface area contributed by atoms with Gasteiger partial charge in [0.1, 0.15) is 17.4 Å². The number of phenols is 1. The van der Waals surface area contributed by atoms with Crippen LogP contribution in [0.4, 0.5) is 0 Å². The van der Waals surface area contributed by atoms with Gasteiger partial charge in [-0.25, -0.2) is 4.79 Å². The van der Waals surface area contributed by atoms with E-state index >= 15 is 0 Å². The molecule has 23 heavy (non-hydrogen) atoms. The van der Waals surface area contributed by atoms with Gasteiger partial charge in [-0.3, -0.25) is 9.69 Å². The molecule has 0 bridgehead atoms. The summed E-state index contributed by atoms with van der Waals surface area (Å²) < 4.78 is 0. The molecule has 0 radical (unpaired) electrons. The zero-order valence-electron chi connectivity index (χ0n) is 13.1. The summed E-state index contributed by atoms with van der Waals surface area (Å²) in [5.41, 5.74) is 5.58. The Balaban J connectivity index is 2.86. The average molecular weight is 316 g/mol. The van der Waals surface area contributed by atoms with Crippen molar-refractivity contribution in [2.45, 2.75) is 19.9 Å². The fraction of sp³-hybridized carbons (Fsp3) is 0.294. The maximum Gasteiger partial charge on any atom is 0.339 e. The topological polar surface area (TPSA) is 104 Å². The first-order chi connectivity index (χ1) is 10.9. The molecule has 0 heterocycles. The van der Waals surface area contributed by atoms with Gasteiger partial charge in [0, 0.05) is 5.56 Å². The number of carbonyl (C=O) groups is 2. The van der Waals surface area contributed by atoms with Crippen LogP contribution in [-0.4, -0.2) is 40.1 Å². The van der Waals surface area contributed by atoms with Crippen molar-refractivity contribution in [3.63, 3.8) is 0 Å². The Bertz CT molecular complexity index is 754. The fourth-order valence-corrected chi connectivity index (χ4v) is 2.90. The van der Waals surface area contributed by atoms with E-state index < -0.39 is 23.7 Å². The van der Waals surface area contributed by atoms with Gasteiger partial charge in [-0.2, -0.15) is 0 Å². The summed E-state index contributed by atoms with van der Waals surface area (Å²) in [6.07, 6.45) is 0. The van der Waals surface area contributed by atoms with Crippen LogP contribution in [0.1, 0.15) is 35.8 Å². The maximum atomic E-state index is 12.1. The van der Waals surface area contributed by atoms with E-state index in [9.17, 15) is 19.8 Å². The van der Waals surface area contributed by atoms with Gasteiger partial charge in [-0.15, -0.1) is 0 Å². The molecule has 122 valence electrons. The Labute approximate surface area is 134 Å². The lowest BCUT2D eigenvalue weighted by Crippen LogP contribution is -2.38. The number of nitrogens with zero attached hydrogens (tertiary/aromatic N) is 1. The Morgan fingerprint density at radius 2 is 1.83 bits per heavy atom. The number of amides is 1. The fourth-order valence-electron chi connectivity index (χ4n) is 2.90. The normalized spacial score (nSPS) is 12.5. The van der Waals surface area contributed by atoms with Crippen molar-refractivity contribution < 1.29 is 19.8 Å². The van der Waals surface area contributed by atoms with Gasteiger partial charge in [0.15, 0.2) is 0 Å². The third-order valence-corrected chi connectivity index (χ3v) is 4.01. The molecular weight excluding hydrogens is 296 g/mol. The van der Waals surface area contributed by atoms with Gasteiger partial charge < -0.3 is 15.9 Å². The second-order valence-corrected chi connectivity index (χ2v) is 5.24. The summed E-state index contributed by atoms with van der Waals surface area (Å²) in [7, 11) is 0. The van der Waals surface area contributed by atoms with Crippen molar-refractivity contribution in [2.24, 2.45) is 5.73 Å². The van der Waals surface area contributed by atoms with Gasteiger partial charge in [0.25, 0.3) is 0 Å². The van der Waals surface area contributed by atoms with Crippen LogP contribution < -0.4 is 5.73 Å². The molecule has 6 nitrogen and oxygen atoms in total. The van der Waals surface area contributed by atoms with Gasteiger partial charge in [0.2, 0.25) is 5.91 Å². The van der Waals surface area contributed by atoms with Crippen molar-refractivity contribution >= 4 is 22.6 Å². The van der Waals surface area contributed by atoms with Crippen LogP contribution in [0.15, 0.2) is 30.3 Å². The molecule has 2 rings (SSSR count). The maximum absolute atomic E-state index is 12.1. The van der Waals surface area contributed by atoms with Crippen LogP contribution in [0, 0.1) is 0 Å². The number of benzene rings is 2. The van der Waals surface area contributed by atoms with E-state index in [-0.39, 0.29) is 11.1 Å². The number of hydrogen-bond donors (Lipinski definition) is 3. The van der Waals surface area contributed by atoms with Crippen LogP contribution in [-0.2, 0) is 4.79 Å². The molecule has 0 spiro atoms. The summed E-state index contributed by atoms with van der Waals surface area (Å²) in [4.78, 5) is 25.3. The third kappa shape index (κ3) is 2.98. The van der Waals surface area contributed by atoms with Crippen molar-refractivity contribution in [1.29, 1.82) is 0 Å². The lowest BCUT2D eigenvalue weighted by Gasteiger charge is -2.29. The molecule has 1 unspecified atom stereocenters. The predicted octanol–water partition coefficient (Wildman–Crippen LogP) is 2.11. The minimum atomic E-state index is -1.25. The predicted molar refractivity (Wildman–Crippen MR) is 87.4 cm³/mol. The van der Waals surface area contributed by atoms with Crippen LogP contribution in [0.5, 0.6) is 5.75 Å². The zero-order chi connectivity index (χ0) is 17.1. The van der Waals surface area contributed by atoms with Gasteiger partial charge in [-0.1, -0.05) is 38.1 Å². The molecule has 0 aliphatic rings. The second kappa shape index (κ2) is 6.66. The van der Waals surface area contributed by atoms with Crippen LogP contribution in [0.2, 0.25) is 0 Å². The third-order valence-electron chi connectivity index (χ3n) is 4.01. The van der Waals surface area contributed by atoms with E-state index in [1.54, 1.807) is 29.2 Å². The summed E-state index contributed by atoms with van der Waals surface area (Å²) in [6, 6.07) is 7.53. The van der Waals surface area contributed by atoms with Gasteiger partial charge in [0.05, 0.1) is 0 Å². The highest BCUT2D eigenvalue weighted by Crippen LogP contribution is 2.38. The monoisotopic (exact) mass is 316 g/mol. The van der Waals surface area contributed by atoms with Gasteiger partial charge >= 0.3 is 5.97 Å². The highest BCUT2D eigenvalue weighted by Gasteiger charge is 2.30. The quantitative estimate of drug-likeness (QED) is 0.757. The molecule has 0 aromatic heterocycles. The number of hydrogen-bond acceptors (Lipinski definition) is 4. The highest BCUT2D eigenvalue weighted by molar-refractivity contribution is 6.02. The number of carbonyl (C=O) groups excluding carboxylic acids is 1. The minimum Gasteiger partial charge on any atom is -0.507 e. The molecular formula is C17H20N2O4. The van der Waals surface area contributed by atoms with E-state index in [1.807, 2.05) is 13.8 Å². The second-order valence-electron chi connectivity index (χ2n) is 5.24. The Morgan fingerprint density at radius 3 is 2.35 bits per heavy atom. The molecule has 1 atom stereocenters. The zero-order valence-corrected chi connectivity index (χ0v) is 13.1. The number of aromatic carboxylic acids is 1. The Kier molecular flexibility index (Phi) is 4.86. The van der Waals surface area contributed by atoms with Crippen molar-refractivity contribution in [3.8, 4) is 5.75 Å². The number of rotatable bonds is 6. The molecule has 6 heteroatoms. The van der Waals surface area contributed by atoms with Gasteiger partial charge in [-0.05, 0) is 29.9 Å². The first-order valence-corrected chi connectivity index (χ1v) is 7.43. The van der Waals surface area contributed by atoms with Crippen molar-refractivity contribution in [2.75, 3.05) is 13.1 Å². The van der Waals surface area contributed by atoms with E-state index in [4.69, 9.17) is 5.73 Å². The van der Waals surface area contributed by atoms with E-state index in [0.717, 1.165) is 0 Å². The summed E-state index contributed by atoms with van der Waals surface area (Å²) in [5.74, 6) is -2.29. The summed E-state index contributed by atoms with van der Waals surface area (Å²) in [6.45, 7) is 4.82. The Morgan fingerprint density at radius 1 is 1.22 bits per heavy atom. The van der Waals surface area contributed by atoms with E-state index in [2.05, 4.69) is 0 Å². The van der Waals surface area contributed by atoms with E-state index in [0.29, 0.717) is 23.9 Å². The largest absolute Gasteiger partial charge is 0.507 e. The van der Waals surface area contributed by atoms with Crippen molar-refractivity contribution in [1.82, 2.24) is 4.90 Å².